The Kier molecular flexibility index (Phi) is 4.10. The van der Waals surface area contributed by atoms with E-state index < -0.39 is 0 Å². The van der Waals surface area contributed by atoms with Crippen LogP contribution in [0.1, 0.15) is 25.5 Å². The standard InChI is InChI=1S/C16H19FN4/c1-2-21(15-6-4-3-5-14(15)17)16-11-18-9-13(20-16)10-19-12-7-8-12/h3-6,9,11-12,19H,2,7-8,10H2,1H3. The van der Waals surface area contributed by atoms with Crippen LogP contribution >= 0.6 is 0 Å². The highest BCUT2D eigenvalue weighted by Gasteiger charge is 2.20. The Morgan fingerprint density at radius 1 is 1.29 bits per heavy atom. The molecule has 1 aliphatic carbocycles. The van der Waals surface area contributed by atoms with Crippen LogP contribution in [0.25, 0.3) is 0 Å². The smallest absolute Gasteiger partial charge is 0.151 e. The molecule has 1 N–H and O–H groups in total. The minimum Gasteiger partial charge on any atom is -0.323 e. The van der Waals surface area contributed by atoms with Crippen molar-refractivity contribution in [2.45, 2.75) is 32.4 Å². The van der Waals surface area contributed by atoms with Crippen molar-refractivity contribution in [2.24, 2.45) is 0 Å². The van der Waals surface area contributed by atoms with Crippen molar-refractivity contribution < 1.29 is 4.39 Å². The van der Waals surface area contributed by atoms with E-state index in [1.165, 1.54) is 18.9 Å². The Labute approximate surface area is 124 Å². The minimum absolute atomic E-state index is 0.248. The van der Waals surface area contributed by atoms with Gasteiger partial charge in [-0.05, 0) is 31.9 Å². The quantitative estimate of drug-likeness (QED) is 0.886. The molecule has 0 amide bonds. The first kappa shape index (κ1) is 13.9. The van der Waals surface area contributed by atoms with E-state index >= 15 is 0 Å². The van der Waals surface area contributed by atoms with E-state index in [9.17, 15) is 4.39 Å². The largest absolute Gasteiger partial charge is 0.323 e. The maximum Gasteiger partial charge on any atom is 0.151 e. The van der Waals surface area contributed by atoms with Gasteiger partial charge in [0, 0.05) is 25.3 Å². The van der Waals surface area contributed by atoms with E-state index in [1.54, 1.807) is 24.5 Å². The molecular formula is C16H19FN4. The first-order valence-electron chi connectivity index (χ1n) is 7.34. The molecule has 2 aromatic rings. The van der Waals surface area contributed by atoms with Gasteiger partial charge in [0.1, 0.15) is 5.82 Å². The van der Waals surface area contributed by atoms with Crippen molar-refractivity contribution in [1.29, 1.82) is 0 Å². The molecule has 0 aliphatic heterocycles. The number of hydrogen-bond acceptors (Lipinski definition) is 4. The van der Waals surface area contributed by atoms with Crippen molar-refractivity contribution in [3.8, 4) is 0 Å². The molecule has 0 radical (unpaired) electrons. The molecule has 0 bridgehead atoms. The highest BCUT2D eigenvalue weighted by molar-refractivity contribution is 5.59. The molecule has 1 fully saturated rings. The third-order valence-electron chi connectivity index (χ3n) is 3.56. The van der Waals surface area contributed by atoms with Crippen LogP contribution in [-0.2, 0) is 6.54 Å². The molecule has 1 aromatic carbocycles. The third kappa shape index (κ3) is 3.36. The summed E-state index contributed by atoms with van der Waals surface area (Å²) in [5.41, 5.74) is 1.41. The van der Waals surface area contributed by atoms with Gasteiger partial charge in [0.15, 0.2) is 5.82 Å². The number of aromatic nitrogens is 2. The Hall–Kier alpha value is -2.01. The molecule has 1 saturated carbocycles. The van der Waals surface area contributed by atoms with E-state index in [0.717, 1.165) is 5.69 Å². The fourth-order valence-electron chi connectivity index (χ4n) is 2.27. The molecular weight excluding hydrogens is 267 g/mol. The SMILES string of the molecule is CCN(c1cncc(CNC2CC2)n1)c1ccccc1F. The number of nitrogens with zero attached hydrogens (tertiary/aromatic N) is 3. The second kappa shape index (κ2) is 6.18. The van der Waals surface area contributed by atoms with Gasteiger partial charge in [-0.2, -0.15) is 0 Å². The number of rotatable bonds is 6. The number of anilines is 2. The average molecular weight is 286 g/mol. The van der Waals surface area contributed by atoms with Crippen molar-refractivity contribution in [1.82, 2.24) is 15.3 Å². The molecule has 1 aromatic heterocycles. The molecule has 1 aliphatic rings. The summed E-state index contributed by atoms with van der Waals surface area (Å²) in [7, 11) is 0. The van der Waals surface area contributed by atoms with Crippen LogP contribution in [0.2, 0.25) is 0 Å². The number of halogens is 1. The van der Waals surface area contributed by atoms with Gasteiger partial charge < -0.3 is 10.2 Å². The molecule has 3 rings (SSSR count). The molecule has 1 heterocycles. The molecule has 5 heteroatoms. The number of para-hydroxylation sites is 1. The maximum absolute atomic E-state index is 14.0. The minimum atomic E-state index is -0.248. The Morgan fingerprint density at radius 3 is 2.81 bits per heavy atom. The van der Waals surface area contributed by atoms with Crippen molar-refractivity contribution in [2.75, 3.05) is 11.4 Å². The van der Waals surface area contributed by atoms with E-state index in [0.29, 0.717) is 30.6 Å². The van der Waals surface area contributed by atoms with E-state index in [2.05, 4.69) is 15.3 Å². The van der Waals surface area contributed by atoms with Gasteiger partial charge in [0.25, 0.3) is 0 Å². The Balaban J connectivity index is 1.82. The molecule has 0 atom stereocenters. The van der Waals surface area contributed by atoms with E-state index in [1.807, 2.05) is 17.9 Å². The summed E-state index contributed by atoms with van der Waals surface area (Å²) < 4.78 is 14.0. The van der Waals surface area contributed by atoms with Crippen LogP contribution < -0.4 is 10.2 Å². The van der Waals surface area contributed by atoms with Gasteiger partial charge in [-0.25, -0.2) is 9.37 Å². The van der Waals surface area contributed by atoms with Crippen LogP contribution in [-0.4, -0.2) is 22.6 Å². The predicted octanol–water partition coefficient (Wildman–Crippen LogP) is 3.03. The van der Waals surface area contributed by atoms with Crippen molar-refractivity contribution >= 4 is 11.5 Å². The molecule has 4 nitrogen and oxygen atoms in total. The topological polar surface area (TPSA) is 41.1 Å². The van der Waals surface area contributed by atoms with E-state index in [4.69, 9.17) is 0 Å². The first-order valence-corrected chi connectivity index (χ1v) is 7.34. The summed E-state index contributed by atoms with van der Waals surface area (Å²) in [4.78, 5) is 10.7. The van der Waals surface area contributed by atoms with Crippen LogP contribution in [0.4, 0.5) is 15.9 Å². The van der Waals surface area contributed by atoms with Gasteiger partial charge in [-0.15, -0.1) is 0 Å². The lowest BCUT2D eigenvalue weighted by molar-refractivity contribution is 0.624. The molecule has 0 unspecified atom stereocenters. The number of hydrogen-bond donors (Lipinski definition) is 1. The van der Waals surface area contributed by atoms with E-state index in [-0.39, 0.29) is 5.82 Å². The van der Waals surface area contributed by atoms with Gasteiger partial charge in [0.05, 0.1) is 17.6 Å². The highest BCUT2D eigenvalue weighted by atomic mass is 19.1. The zero-order chi connectivity index (χ0) is 14.7. The second-order valence-electron chi connectivity index (χ2n) is 5.22. The van der Waals surface area contributed by atoms with Crippen LogP contribution in [0, 0.1) is 5.82 Å². The Morgan fingerprint density at radius 2 is 2.10 bits per heavy atom. The van der Waals surface area contributed by atoms with Gasteiger partial charge >= 0.3 is 0 Å². The average Bonchev–Trinajstić information content (AvgIpc) is 3.33. The molecule has 0 saturated heterocycles. The number of nitrogens with one attached hydrogen (secondary N) is 1. The second-order valence-corrected chi connectivity index (χ2v) is 5.22. The normalized spacial score (nSPS) is 14.2. The molecule has 110 valence electrons. The fourth-order valence-corrected chi connectivity index (χ4v) is 2.27. The maximum atomic E-state index is 14.0. The van der Waals surface area contributed by atoms with Crippen LogP contribution in [0.3, 0.4) is 0 Å². The summed E-state index contributed by atoms with van der Waals surface area (Å²) >= 11 is 0. The summed E-state index contributed by atoms with van der Waals surface area (Å²) in [6, 6.07) is 7.37. The van der Waals surface area contributed by atoms with Gasteiger partial charge in [0.2, 0.25) is 0 Å². The Bertz CT molecular complexity index is 613. The molecule has 21 heavy (non-hydrogen) atoms. The van der Waals surface area contributed by atoms with Gasteiger partial charge in [-0.1, -0.05) is 12.1 Å². The molecule has 0 spiro atoms. The summed E-state index contributed by atoms with van der Waals surface area (Å²) in [6.45, 7) is 3.32. The first-order chi connectivity index (χ1) is 10.3. The van der Waals surface area contributed by atoms with Crippen molar-refractivity contribution in [3.63, 3.8) is 0 Å². The summed E-state index contributed by atoms with van der Waals surface area (Å²) in [5, 5.41) is 3.41. The third-order valence-corrected chi connectivity index (χ3v) is 3.56. The van der Waals surface area contributed by atoms with Crippen LogP contribution in [0.15, 0.2) is 36.7 Å². The zero-order valence-electron chi connectivity index (χ0n) is 12.1. The monoisotopic (exact) mass is 286 g/mol. The lowest BCUT2D eigenvalue weighted by atomic mass is 10.2. The summed E-state index contributed by atoms with van der Waals surface area (Å²) in [5.74, 6) is 0.431. The van der Waals surface area contributed by atoms with Gasteiger partial charge in [-0.3, -0.25) is 4.98 Å². The predicted molar refractivity (Wildman–Crippen MR) is 81.0 cm³/mol. The van der Waals surface area contributed by atoms with Crippen molar-refractivity contribution in [3.05, 3.63) is 48.2 Å². The highest BCUT2D eigenvalue weighted by Crippen LogP contribution is 2.25. The zero-order valence-corrected chi connectivity index (χ0v) is 12.1. The lowest BCUT2D eigenvalue weighted by Gasteiger charge is -2.22. The summed E-state index contributed by atoms with van der Waals surface area (Å²) in [6.07, 6.45) is 5.91. The number of benzene rings is 1. The fraction of sp³-hybridized carbons (Fsp3) is 0.375. The lowest BCUT2D eigenvalue weighted by Crippen LogP contribution is -2.21. The van der Waals surface area contributed by atoms with Crippen LogP contribution in [0.5, 0.6) is 0 Å².